The van der Waals surface area contributed by atoms with Gasteiger partial charge >= 0.3 is 12.1 Å². The van der Waals surface area contributed by atoms with Crippen molar-refractivity contribution >= 4 is 5.97 Å². The van der Waals surface area contributed by atoms with Crippen LogP contribution in [0.5, 0.6) is 11.6 Å². The van der Waals surface area contributed by atoms with Crippen LogP contribution < -0.4 is 4.74 Å². The van der Waals surface area contributed by atoms with Crippen LogP contribution >= 0.6 is 0 Å². The minimum absolute atomic E-state index is 0.0658. The summed E-state index contributed by atoms with van der Waals surface area (Å²) < 4.78 is 43.7. The Balaban J connectivity index is 2.38. The highest BCUT2D eigenvalue weighted by molar-refractivity contribution is 5.87. The number of halogens is 3. The van der Waals surface area contributed by atoms with Gasteiger partial charge in [0.1, 0.15) is 5.75 Å². The van der Waals surface area contributed by atoms with Crippen molar-refractivity contribution in [3.8, 4) is 11.6 Å². The van der Waals surface area contributed by atoms with Gasteiger partial charge in [-0.05, 0) is 25.1 Å². The van der Waals surface area contributed by atoms with Crippen LogP contribution in [0, 0.1) is 6.92 Å². The lowest BCUT2D eigenvalue weighted by atomic mass is 10.2. The van der Waals surface area contributed by atoms with Crippen molar-refractivity contribution in [3.63, 3.8) is 0 Å². The molecule has 0 spiro atoms. The molecule has 2 aromatic rings. The van der Waals surface area contributed by atoms with Gasteiger partial charge in [-0.2, -0.15) is 13.2 Å². The molecule has 0 unspecified atom stereocenters. The minimum Gasteiger partial charge on any atom is -0.478 e. The molecule has 21 heavy (non-hydrogen) atoms. The Labute approximate surface area is 117 Å². The zero-order valence-electron chi connectivity index (χ0n) is 10.8. The molecule has 2 rings (SSSR count). The number of carboxylic acid groups (broad SMARTS) is 1. The molecule has 0 saturated heterocycles. The van der Waals surface area contributed by atoms with Crippen LogP contribution in [0.4, 0.5) is 13.2 Å². The summed E-state index contributed by atoms with van der Waals surface area (Å²) in [5.74, 6) is -1.63. The number of para-hydroxylation sites is 1. The molecule has 0 aliphatic carbocycles. The first-order chi connectivity index (χ1) is 9.79. The van der Waals surface area contributed by atoms with Crippen LogP contribution in [-0.4, -0.2) is 16.1 Å². The topological polar surface area (TPSA) is 59.4 Å². The number of nitrogens with zero attached hydrogens (tertiary/aromatic N) is 1. The lowest BCUT2D eigenvalue weighted by molar-refractivity contribution is -0.138. The van der Waals surface area contributed by atoms with Crippen LogP contribution in [0.1, 0.15) is 21.5 Å². The predicted octanol–water partition coefficient (Wildman–Crippen LogP) is 3.90. The molecule has 0 atom stereocenters. The Hall–Kier alpha value is -2.57. The van der Waals surface area contributed by atoms with E-state index in [2.05, 4.69) is 4.98 Å². The summed E-state index contributed by atoms with van der Waals surface area (Å²) in [4.78, 5) is 14.5. The Morgan fingerprint density at radius 1 is 1.29 bits per heavy atom. The molecule has 7 heteroatoms. The molecule has 0 amide bonds. The maximum Gasteiger partial charge on any atom is 0.419 e. The molecule has 1 heterocycles. The summed E-state index contributed by atoms with van der Waals surface area (Å²) in [7, 11) is 0. The maximum atomic E-state index is 12.8. The zero-order chi connectivity index (χ0) is 15.6. The summed E-state index contributed by atoms with van der Waals surface area (Å²) in [6, 6.07) is 6.02. The first kappa shape index (κ1) is 14.8. The third-order valence-electron chi connectivity index (χ3n) is 2.68. The van der Waals surface area contributed by atoms with Gasteiger partial charge in [0.15, 0.2) is 0 Å². The van der Waals surface area contributed by atoms with Crippen LogP contribution in [0.25, 0.3) is 0 Å². The number of aromatic nitrogens is 1. The van der Waals surface area contributed by atoms with Gasteiger partial charge in [-0.1, -0.05) is 12.1 Å². The van der Waals surface area contributed by atoms with Crippen molar-refractivity contribution in [1.82, 2.24) is 4.98 Å². The third kappa shape index (κ3) is 3.31. The van der Waals surface area contributed by atoms with Gasteiger partial charge in [0.05, 0.1) is 11.1 Å². The van der Waals surface area contributed by atoms with Crippen molar-refractivity contribution in [2.75, 3.05) is 0 Å². The molecular formula is C14H10F3NO3. The second-order valence-electron chi connectivity index (χ2n) is 4.25. The normalized spacial score (nSPS) is 11.2. The highest BCUT2D eigenvalue weighted by Crippen LogP contribution is 2.38. The second-order valence-corrected chi connectivity index (χ2v) is 4.25. The van der Waals surface area contributed by atoms with E-state index < -0.39 is 17.7 Å². The van der Waals surface area contributed by atoms with E-state index in [9.17, 15) is 18.0 Å². The van der Waals surface area contributed by atoms with Crippen LogP contribution in [-0.2, 0) is 6.18 Å². The summed E-state index contributed by atoms with van der Waals surface area (Å²) in [5, 5.41) is 8.81. The number of carboxylic acids is 1. The fraction of sp³-hybridized carbons (Fsp3) is 0.143. The number of benzene rings is 1. The van der Waals surface area contributed by atoms with E-state index in [4.69, 9.17) is 9.84 Å². The molecule has 4 nitrogen and oxygen atoms in total. The second kappa shape index (κ2) is 5.43. The number of pyridine rings is 1. The van der Waals surface area contributed by atoms with E-state index in [1.165, 1.54) is 31.2 Å². The fourth-order valence-corrected chi connectivity index (χ4v) is 1.68. The first-order valence-electron chi connectivity index (χ1n) is 5.83. The summed E-state index contributed by atoms with van der Waals surface area (Å²) in [6.45, 7) is 1.50. The lowest BCUT2D eigenvalue weighted by Gasteiger charge is -2.14. The van der Waals surface area contributed by atoms with Crippen molar-refractivity contribution in [3.05, 3.63) is 53.2 Å². The molecule has 0 saturated carbocycles. The SMILES string of the molecule is Cc1cc(C(=O)O)cnc1Oc1ccccc1C(F)(F)F. The summed E-state index contributed by atoms with van der Waals surface area (Å²) in [5.41, 5.74) is -0.663. The van der Waals surface area contributed by atoms with Gasteiger partial charge in [0.2, 0.25) is 5.88 Å². The van der Waals surface area contributed by atoms with E-state index in [1.807, 2.05) is 0 Å². The average Bonchev–Trinajstić information content (AvgIpc) is 2.40. The monoisotopic (exact) mass is 297 g/mol. The standard InChI is InChI=1S/C14H10F3NO3/c1-8-6-9(13(19)20)7-18-12(8)21-11-5-3-2-4-10(11)14(15,16)17/h2-7H,1H3,(H,19,20). The molecule has 0 aliphatic rings. The number of aromatic carboxylic acids is 1. The zero-order valence-corrected chi connectivity index (χ0v) is 10.8. The molecule has 0 fully saturated rings. The lowest BCUT2D eigenvalue weighted by Crippen LogP contribution is -2.07. The molecule has 110 valence electrons. The fourth-order valence-electron chi connectivity index (χ4n) is 1.68. The van der Waals surface area contributed by atoms with E-state index in [1.54, 1.807) is 0 Å². The average molecular weight is 297 g/mol. The molecule has 1 aromatic heterocycles. The Morgan fingerprint density at radius 3 is 2.52 bits per heavy atom. The van der Waals surface area contributed by atoms with Crippen molar-refractivity contribution in [2.45, 2.75) is 13.1 Å². The maximum absolute atomic E-state index is 12.8. The molecule has 0 aliphatic heterocycles. The molecule has 0 bridgehead atoms. The number of alkyl halides is 3. The van der Waals surface area contributed by atoms with E-state index in [0.717, 1.165) is 12.3 Å². The molecule has 1 N–H and O–H groups in total. The number of hydrogen-bond donors (Lipinski definition) is 1. The van der Waals surface area contributed by atoms with E-state index in [-0.39, 0.29) is 17.2 Å². The van der Waals surface area contributed by atoms with Gasteiger partial charge in [-0.3, -0.25) is 0 Å². The molecular weight excluding hydrogens is 287 g/mol. The predicted molar refractivity (Wildman–Crippen MR) is 67.5 cm³/mol. The van der Waals surface area contributed by atoms with Gasteiger partial charge in [-0.15, -0.1) is 0 Å². The van der Waals surface area contributed by atoms with Gasteiger partial charge in [-0.25, -0.2) is 9.78 Å². The Bertz CT molecular complexity index is 683. The van der Waals surface area contributed by atoms with Crippen LogP contribution in [0.2, 0.25) is 0 Å². The highest BCUT2D eigenvalue weighted by Gasteiger charge is 2.34. The van der Waals surface area contributed by atoms with Gasteiger partial charge < -0.3 is 9.84 Å². The van der Waals surface area contributed by atoms with Gasteiger partial charge in [0, 0.05) is 11.8 Å². The first-order valence-corrected chi connectivity index (χ1v) is 5.83. The van der Waals surface area contributed by atoms with Crippen LogP contribution in [0.3, 0.4) is 0 Å². The van der Waals surface area contributed by atoms with Crippen molar-refractivity contribution in [2.24, 2.45) is 0 Å². The van der Waals surface area contributed by atoms with Crippen molar-refractivity contribution in [1.29, 1.82) is 0 Å². The summed E-state index contributed by atoms with van der Waals surface area (Å²) >= 11 is 0. The highest BCUT2D eigenvalue weighted by atomic mass is 19.4. The number of aryl methyl sites for hydroxylation is 1. The van der Waals surface area contributed by atoms with Crippen LogP contribution in [0.15, 0.2) is 36.5 Å². The third-order valence-corrected chi connectivity index (χ3v) is 2.68. The minimum atomic E-state index is -4.55. The van der Waals surface area contributed by atoms with E-state index >= 15 is 0 Å². The Morgan fingerprint density at radius 2 is 1.95 bits per heavy atom. The number of ether oxygens (including phenoxy) is 1. The van der Waals surface area contributed by atoms with Gasteiger partial charge in [0.25, 0.3) is 0 Å². The smallest absolute Gasteiger partial charge is 0.419 e. The number of carbonyl (C=O) groups is 1. The largest absolute Gasteiger partial charge is 0.478 e. The number of rotatable bonds is 3. The summed E-state index contributed by atoms with van der Waals surface area (Å²) in [6.07, 6.45) is -3.52. The Kier molecular flexibility index (Phi) is 3.84. The molecule has 1 aromatic carbocycles. The quantitative estimate of drug-likeness (QED) is 0.933. The van der Waals surface area contributed by atoms with Crippen molar-refractivity contribution < 1.29 is 27.8 Å². The number of hydrogen-bond acceptors (Lipinski definition) is 3. The van der Waals surface area contributed by atoms with E-state index in [0.29, 0.717) is 5.56 Å². The molecule has 0 radical (unpaired) electrons.